The maximum absolute atomic E-state index is 12.9. The van der Waals surface area contributed by atoms with Crippen LogP contribution in [0.2, 0.25) is 0 Å². The number of ether oxygens (including phenoxy) is 2. The van der Waals surface area contributed by atoms with Crippen molar-refractivity contribution in [3.05, 3.63) is 102 Å². The molecule has 0 aliphatic carbocycles. The summed E-state index contributed by atoms with van der Waals surface area (Å²) < 4.78 is 11.7. The van der Waals surface area contributed by atoms with E-state index in [9.17, 15) is 4.79 Å². The molecule has 4 heteroatoms. The van der Waals surface area contributed by atoms with Gasteiger partial charge in [-0.05, 0) is 49.1 Å². The minimum Gasteiger partial charge on any atom is -0.490 e. The third kappa shape index (κ3) is 4.86. The van der Waals surface area contributed by atoms with Crippen LogP contribution in [0.15, 0.2) is 84.9 Å². The van der Waals surface area contributed by atoms with E-state index in [0.29, 0.717) is 30.3 Å². The van der Waals surface area contributed by atoms with Crippen molar-refractivity contribution in [2.45, 2.75) is 20.5 Å². The van der Waals surface area contributed by atoms with Gasteiger partial charge in [0.2, 0.25) is 0 Å². The Bertz CT molecular complexity index is 1190. The molecule has 1 amide bonds. The maximum Gasteiger partial charge on any atom is 0.255 e. The molecule has 0 aromatic heterocycles. The molecule has 4 aromatic rings. The Morgan fingerprint density at radius 1 is 0.839 bits per heavy atom. The zero-order chi connectivity index (χ0) is 21.6. The van der Waals surface area contributed by atoms with Gasteiger partial charge in [0.1, 0.15) is 6.61 Å². The van der Waals surface area contributed by atoms with Crippen LogP contribution in [-0.4, -0.2) is 12.5 Å². The summed E-state index contributed by atoms with van der Waals surface area (Å²) >= 11 is 0. The van der Waals surface area contributed by atoms with E-state index in [1.165, 1.54) is 5.56 Å². The van der Waals surface area contributed by atoms with Crippen LogP contribution in [0.3, 0.4) is 0 Å². The SMILES string of the molecule is CCOc1cc(C(=O)Nc2cccc3ccccc23)ccc1OCc1ccc(C)cc1. The number of hydrogen-bond acceptors (Lipinski definition) is 3. The number of carbonyl (C=O) groups is 1. The van der Waals surface area contributed by atoms with Crippen LogP contribution in [0.25, 0.3) is 10.8 Å². The van der Waals surface area contributed by atoms with Gasteiger partial charge in [0.15, 0.2) is 11.5 Å². The van der Waals surface area contributed by atoms with Crippen molar-refractivity contribution >= 4 is 22.4 Å². The smallest absolute Gasteiger partial charge is 0.255 e. The number of rotatable bonds is 7. The van der Waals surface area contributed by atoms with E-state index >= 15 is 0 Å². The standard InChI is InChI=1S/C27H25NO3/c1-3-30-26-17-22(15-16-25(26)31-18-20-13-11-19(2)12-14-20)27(29)28-24-10-6-8-21-7-4-5-9-23(21)24/h4-17H,3,18H2,1-2H3,(H,28,29). The molecule has 0 aliphatic rings. The second kappa shape index (κ2) is 9.35. The number of aryl methyl sites for hydroxylation is 1. The van der Waals surface area contributed by atoms with Crippen molar-refractivity contribution in [3.8, 4) is 11.5 Å². The van der Waals surface area contributed by atoms with E-state index in [4.69, 9.17) is 9.47 Å². The monoisotopic (exact) mass is 411 g/mol. The number of fused-ring (bicyclic) bond motifs is 1. The molecule has 156 valence electrons. The molecule has 31 heavy (non-hydrogen) atoms. The van der Waals surface area contributed by atoms with E-state index in [-0.39, 0.29) is 5.91 Å². The van der Waals surface area contributed by atoms with Gasteiger partial charge in [-0.3, -0.25) is 4.79 Å². The molecule has 4 nitrogen and oxygen atoms in total. The molecule has 0 saturated carbocycles. The molecule has 0 fully saturated rings. The summed E-state index contributed by atoms with van der Waals surface area (Å²) in [6.07, 6.45) is 0. The average molecular weight is 412 g/mol. The van der Waals surface area contributed by atoms with Gasteiger partial charge in [-0.2, -0.15) is 0 Å². The van der Waals surface area contributed by atoms with Crippen LogP contribution in [0.5, 0.6) is 11.5 Å². The first kappa shape index (κ1) is 20.5. The van der Waals surface area contributed by atoms with E-state index in [1.54, 1.807) is 18.2 Å². The molecule has 1 N–H and O–H groups in total. The maximum atomic E-state index is 12.9. The van der Waals surface area contributed by atoms with E-state index in [2.05, 4.69) is 24.4 Å². The highest BCUT2D eigenvalue weighted by molar-refractivity contribution is 6.09. The van der Waals surface area contributed by atoms with Crippen molar-refractivity contribution in [2.24, 2.45) is 0 Å². The number of amides is 1. The molecule has 0 unspecified atom stereocenters. The largest absolute Gasteiger partial charge is 0.490 e. The lowest BCUT2D eigenvalue weighted by molar-refractivity contribution is 0.102. The van der Waals surface area contributed by atoms with Gasteiger partial charge in [0.25, 0.3) is 5.91 Å². The Kier molecular flexibility index (Phi) is 6.18. The molecule has 4 aromatic carbocycles. The second-order valence-electron chi connectivity index (χ2n) is 7.35. The van der Waals surface area contributed by atoms with Crippen LogP contribution in [0, 0.1) is 6.92 Å². The number of hydrogen-bond donors (Lipinski definition) is 1. The normalized spacial score (nSPS) is 10.6. The summed E-state index contributed by atoms with van der Waals surface area (Å²) in [7, 11) is 0. The molecule has 0 spiro atoms. The van der Waals surface area contributed by atoms with Crippen molar-refractivity contribution < 1.29 is 14.3 Å². The van der Waals surface area contributed by atoms with Crippen LogP contribution >= 0.6 is 0 Å². The van der Waals surface area contributed by atoms with Crippen LogP contribution in [-0.2, 0) is 6.61 Å². The van der Waals surface area contributed by atoms with Crippen LogP contribution in [0.4, 0.5) is 5.69 Å². The Balaban J connectivity index is 1.53. The highest BCUT2D eigenvalue weighted by Crippen LogP contribution is 2.30. The minimum atomic E-state index is -0.192. The van der Waals surface area contributed by atoms with Gasteiger partial charge in [0.05, 0.1) is 6.61 Å². The molecular formula is C27H25NO3. The Morgan fingerprint density at radius 2 is 1.61 bits per heavy atom. The summed E-state index contributed by atoms with van der Waals surface area (Å²) in [5.41, 5.74) is 3.57. The van der Waals surface area contributed by atoms with Gasteiger partial charge >= 0.3 is 0 Å². The zero-order valence-corrected chi connectivity index (χ0v) is 17.7. The summed E-state index contributed by atoms with van der Waals surface area (Å²) in [4.78, 5) is 12.9. The summed E-state index contributed by atoms with van der Waals surface area (Å²) in [5.74, 6) is 0.978. The van der Waals surface area contributed by atoms with E-state index in [0.717, 1.165) is 22.0 Å². The van der Waals surface area contributed by atoms with E-state index < -0.39 is 0 Å². The minimum absolute atomic E-state index is 0.192. The van der Waals surface area contributed by atoms with Gasteiger partial charge < -0.3 is 14.8 Å². The van der Waals surface area contributed by atoms with Crippen molar-refractivity contribution in [1.82, 2.24) is 0 Å². The first-order chi connectivity index (χ1) is 15.1. The Morgan fingerprint density at radius 3 is 2.42 bits per heavy atom. The lowest BCUT2D eigenvalue weighted by Crippen LogP contribution is -2.12. The van der Waals surface area contributed by atoms with Gasteiger partial charge in [-0.25, -0.2) is 0 Å². The van der Waals surface area contributed by atoms with Crippen LogP contribution in [0.1, 0.15) is 28.4 Å². The number of anilines is 1. The molecule has 0 radical (unpaired) electrons. The number of nitrogens with one attached hydrogen (secondary N) is 1. The third-order valence-corrected chi connectivity index (χ3v) is 5.06. The Hall–Kier alpha value is -3.79. The summed E-state index contributed by atoms with van der Waals surface area (Å²) in [6, 6.07) is 27.3. The van der Waals surface area contributed by atoms with Gasteiger partial charge in [-0.15, -0.1) is 0 Å². The fourth-order valence-electron chi connectivity index (χ4n) is 3.41. The average Bonchev–Trinajstić information content (AvgIpc) is 2.79. The van der Waals surface area contributed by atoms with Gasteiger partial charge in [-0.1, -0.05) is 66.2 Å². The topological polar surface area (TPSA) is 47.6 Å². The highest BCUT2D eigenvalue weighted by Gasteiger charge is 2.13. The summed E-state index contributed by atoms with van der Waals surface area (Å²) in [6.45, 7) is 4.88. The van der Waals surface area contributed by atoms with Crippen molar-refractivity contribution in [1.29, 1.82) is 0 Å². The number of carbonyl (C=O) groups excluding carboxylic acids is 1. The van der Waals surface area contributed by atoms with Gasteiger partial charge in [0, 0.05) is 16.6 Å². The lowest BCUT2D eigenvalue weighted by Gasteiger charge is -2.14. The first-order valence-corrected chi connectivity index (χ1v) is 10.4. The number of benzene rings is 4. The van der Waals surface area contributed by atoms with Crippen molar-refractivity contribution in [2.75, 3.05) is 11.9 Å². The fraction of sp³-hybridized carbons (Fsp3) is 0.148. The highest BCUT2D eigenvalue weighted by atomic mass is 16.5. The molecule has 0 aliphatic heterocycles. The molecule has 0 saturated heterocycles. The lowest BCUT2D eigenvalue weighted by atomic mass is 10.1. The molecule has 0 atom stereocenters. The fourth-order valence-corrected chi connectivity index (χ4v) is 3.41. The summed E-state index contributed by atoms with van der Waals surface area (Å²) in [5, 5.41) is 5.10. The molecular weight excluding hydrogens is 386 g/mol. The molecule has 4 rings (SSSR count). The zero-order valence-electron chi connectivity index (χ0n) is 17.7. The predicted octanol–water partition coefficient (Wildman–Crippen LogP) is 6.38. The quantitative estimate of drug-likeness (QED) is 0.384. The second-order valence-corrected chi connectivity index (χ2v) is 7.35. The van der Waals surface area contributed by atoms with Crippen molar-refractivity contribution in [3.63, 3.8) is 0 Å². The molecule has 0 bridgehead atoms. The predicted molar refractivity (Wildman–Crippen MR) is 125 cm³/mol. The van der Waals surface area contributed by atoms with E-state index in [1.807, 2.05) is 61.5 Å². The Labute approximate surface area is 182 Å². The van der Waals surface area contributed by atoms with Crippen LogP contribution < -0.4 is 14.8 Å². The first-order valence-electron chi connectivity index (χ1n) is 10.4. The molecule has 0 heterocycles. The third-order valence-electron chi connectivity index (χ3n) is 5.06.